The minimum Gasteiger partial charge on any atom is -0.266 e. The maximum atomic E-state index is 13.1. The van der Waals surface area contributed by atoms with E-state index >= 15 is 0 Å². The fraction of sp³-hybridized carbons (Fsp3) is 0.200. The Bertz CT molecular complexity index is 771. The molecule has 3 nitrogen and oxygen atoms in total. The van der Waals surface area contributed by atoms with E-state index in [4.69, 9.17) is 0 Å². The molecule has 0 amide bonds. The highest BCUT2D eigenvalue weighted by Gasteiger charge is 2.31. The van der Waals surface area contributed by atoms with Crippen molar-refractivity contribution in [2.45, 2.75) is 18.2 Å². The van der Waals surface area contributed by atoms with Crippen molar-refractivity contribution in [2.24, 2.45) is 0 Å². The summed E-state index contributed by atoms with van der Waals surface area (Å²) in [5.74, 6) is -0.428. The van der Waals surface area contributed by atoms with E-state index < -0.39 is 15.8 Å². The first kappa shape index (κ1) is 13.1. The number of hydrogen-bond donors (Lipinski definition) is 0. The number of aryl methyl sites for hydroxylation is 1. The molecule has 2 aromatic carbocycles. The van der Waals surface area contributed by atoms with Crippen LogP contribution in [0.1, 0.15) is 11.1 Å². The van der Waals surface area contributed by atoms with E-state index in [9.17, 15) is 12.8 Å². The van der Waals surface area contributed by atoms with E-state index in [0.717, 1.165) is 11.3 Å². The van der Waals surface area contributed by atoms with Gasteiger partial charge in [0.2, 0.25) is 0 Å². The predicted octanol–water partition coefficient (Wildman–Crippen LogP) is 2.89. The van der Waals surface area contributed by atoms with Gasteiger partial charge in [-0.2, -0.15) is 0 Å². The third-order valence-corrected chi connectivity index (χ3v) is 5.52. The van der Waals surface area contributed by atoms with Crippen LogP contribution >= 0.6 is 0 Å². The molecule has 0 unspecified atom stereocenters. The van der Waals surface area contributed by atoms with Gasteiger partial charge in [0.05, 0.1) is 10.6 Å². The maximum Gasteiger partial charge on any atom is 0.264 e. The van der Waals surface area contributed by atoms with Crippen molar-refractivity contribution in [3.63, 3.8) is 0 Å². The normalized spacial score (nSPS) is 14.4. The number of halogens is 1. The first-order chi connectivity index (χ1) is 9.50. The summed E-state index contributed by atoms with van der Waals surface area (Å²) < 4.78 is 40.0. The fourth-order valence-corrected chi connectivity index (χ4v) is 4.29. The first-order valence-electron chi connectivity index (χ1n) is 6.37. The molecule has 0 atom stereocenters. The fourth-order valence-electron chi connectivity index (χ4n) is 2.58. The molecule has 104 valence electrons. The predicted molar refractivity (Wildman–Crippen MR) is 75.8 cm³/mol. The number of fused-ring (bicyclic) bond motifs is 1. The summed E-state index contributed by atoms with van der Waals surface area (Å²) in [4.78, 5) is 0.163. The number of benzene rings is 2. The average Bonchev–Trinajstić information content (AvgIpc) is 2.82. The number of nitrogens with zero attached hydrogens (tertiary/aromatic N) is 1. The highest BCUT2D eigenvalue weighted by Crippen LogP contribution is 2.33. The summed E-state index contributed by atoms with van der Waals surface area (Å²) in [6.45, 7) is 2.04. The molecule has 2 aromatic rings. The number of anilines is 1. The number of rotatable bonds is 2. The van der Waals surface area contributed by atoms with Gasteiger partial charge < -0.3 is 0 Å². The minimum absolute atomic E-state index is 0.163. The van der Waals surface area contributed by atoms with Gasteiger partial charge >= 0.3 is 0 Å². The Morgan fingerprint density at radius 1 is 1.15 bits per heavy atom. The minimum atomic E-state index is -3.63. The molecule has 20 heavy (non-hydrogen) atoms. The van der Waals surface area contributed by atoms with Gasteiger partial charge in [-0.1, -0.05) is 18.2 Å². The van der Waals surface area contributed by atoms with E-state index in [0.29, 0.717) is 18.5 Å². The molecule has 0 spiro atoms. The quantitative estimate of drug-likeness (QED) is 0.853. The smallest absolute Gasteiger partial charge is 0.264 e. The summed E-state index contributed by atoms with van der Waals surface area (Å²) in [6.07, 6.45) is 0.704. The zero-order chi connectivity index (χ0) is 14.3. The van der Waals surface area contributed by atoms with Gasteiger partial charge in [-0.05, 0) is 48.7 Å². The van der Waals surface area contributed by atoms with Crippen molar-refractivity contribution in [2.75, 3.05) is 10.8 Å². The zero-order valence-corrected chi connectivity index (χ0v) is 11.8. The van der Waals surface area contributed by atoms with E-state index in [2.05, 4.69) is 0 Å². The standard InChI is InChI=1S/C15H14FNO2S/c1-11-10-13(16)6-7-15(11)20(18,19)17-9-8-12-4-2-3-5-14(12)17/h2-7,10H,8-9H2,1H3. The van der Waals surface area contributed by atoms with Crippen LogP contribution in [0.4, 0.5) is 10.1 Å². The van der Waals surface area contributed by atoms with Gasteiger partial charge in [0.25, 0.3) is 10.0 Å². The Morgan fingerprint density at radius 3 is 2.65 bits per heavy atom. The van der Waals surface area contributed by atoms with Gasteiger partial charge in [0.1, 0.15) is 5.82 Å². The maximum absolute atomic E-state index is 13.1. The molecule has 1 heterocycles. The number of para-hydroxylation sites is 1. The summed E-state index contributed by atoms with van der Waals surface area (Å²) >= 11 is 0. The molecule has 0 radical (unpaired) electrons. The van der Waals surface area contributed by atoms with Crippen LogP contribution in [0.25, 0.3) is 0 Å². The lowest BCUT2D eigenvalue weighted by atomic mass is 10.2. The highest BCUT2D eigenvalue weighted by atomic mass is 32.2. The SMILES string of the molecule is Cc1cc(F)ccc1S(=O)(=O)N1CCc2ccccc21. The third-order valence-electron chi connectivity index (χ3n) is 3.55. The van der Waals surface area contributed by atoms with E-state index in [1.165, 1.54) is 22.5 Å². The molecular weight excluding hydrogens is 277 g/mol. The first-order valence-corrected chi connectivity index (χ1v) is 7.81. The van der Waals surface area contributed by atoms with Crippen molar-refractivity contribution in [1.29, 1.82) is 0 Å². The molecule has 0 aliphatic carbocycles. The van der Waals surface area contributed by atoms with Crippen LogP contribution in [-0.2, 0) is 16.4 Å². The van der Waals surface area contributed by atoms with E-state index in [1.54, 1.807) is 13.0 Å². The summed E-state index contributed by atoms with van der Waals surface area (Å²) in [5, 5.41) is 0. The van der Waals surface area contributed by atoms with Crippen LogP contribution in [0, 0.1) is 12.7 Å². The molecule has 1 aliphatic heterocycles. The number of sulfonamides is 1. The number of hydrogen-bond acceptors (Lipinski definition) is 2. The molecule has 0 saturated heterocycles. The zero-order valence-electron chi connectivity index (χ0n) is 11.0. The lowest BCUT2D eigenvalue weighted by Crippen LogP contribution is -2.29. The van der Waals surface area contributed by atoms with Crippen LogP contribution in [-0.4, -0.2) is 15.0 Å². The Morgan fingerprint density at radius 2 is 1.90 bits per heavy atom. The molecule has 0 bridgehead atoms. The Hall–Kier alpha value is -1.88. The topological polar surface area (TPSA) is 37.4 Å². The van der Waals surface area contributed by atoms with Crippen LogP contribution < -0.4 is 4.31 Å². The molecule has 3 rings (SSSR count). The summed E-state index contributed by atoms with van der Waals surface area (Å²) in [6, 6.07) is 11.2. The summed E-state index contributed by atoms with van der Waals surface area (Å²) in [7, 11) is -3.63. The van der Waals surface area contributed by atoms with Gasteiger partial charge in [0.15, 0.2) is 0 Å². The molecule has 0 aromatic heterocycles. The Balaban J connectivity index is 2.10. The van der Waals surface area contributed by atoms with Crippen LogP contribution in [0.15, 0.2) is 47.4 Å². The van der Waals surface area contributed by atoms with E-state index in [-0.39, 0.29) is 4.90 Å². The monoisotopic (exact) mass is 291 g/mol. The molecule has 0 N–H and O–H groups in total. The van der Waals surface area contributed by atoms with Gasteiger partial charge in [-0.3, -0.25) is 4.31 Å². The molecule has 0 fully saturated rings. The lowest BCUT2D eigenvalue weighted by Gasteiger charge is -2.20. The second-order valence-electron chi connectivity index (χ2n) is 4.87. The van der Waals surface area contributed by atoms with Crippen molar-refractivity contribution < 1.29 is 12.8 Å². The van der Waals surface area contributed by atoms with Gasteiger partial charge in [0, 0.05) is 6.54 Å². The third kappa shape index (κ3) is 1.98. The van der Waals surface area contributed by atoms with Crippen molar-refractivity contribution in [3.05, 3.63) is 59.4 Å². The van der Waals surface area contributed by atoms with Gasteiger partial charge in [-0.25, -0.2) is 12.8 Å². The van der Waals surface area contributed by atoms with Gasteiger partial charge in [-0.15, -0.1) is 0 Å². The largest absolute Gasteiger partial charge is 0.266 e. The van der Waals surface area contributed by atoms with E-state index in [1.807, 2.05) is 18.2 Å². The highest BCUT2D eigenvalue weighted by molar-refractivity contribution is 7.93. The Labute approximate surface area is 117 Å². The Kier molecular flexibility index (Phi) is 3.01. The van der Waals surface area contributed by atoms with Crippen LogP contribution in [0.5, 0.6) is 0 Å². The molecule has 5 heteroatoms. The second kappa shape index (κ2) is 4.59. The average molecular weight is 291 g/mol. The summed E-state index contributed by atoms with van der Waals surface area (Å²) in [5.41, 5.74) is 2.17. The van der Waals surface area contributed by atoms with Crippen molar-refractivity contribution >= 4 is 15.7 Å². The van der Waals surface area contributed by atoms with Crippen LogP contribution in [0.3, 0.4) is 0 Å². The molecule has 1 aliphatic rings. The molecular formula is C15H14FNO2S. The lowest BCUT2D eigenvalue weighted by molar-refractivity contribution is 0.590. The molecule has 0 saturated carbocycles. The van der Waals surface area contributed by atoms with Crippen molar-refractivity contribution in [1.82, 2.24) is 0 Å². The van der Waals surface area contributed by atoms with Crippen LogP contribution in [0.2, 0.25) is 0 Å². The van der Waals surface area contributed by atoms with Crippen molar-refractivity contribution in [3.8, 4) is 0 Å². The second-order valence-corrected chi connectivity index (χ2v) is 6.70.